The Morgan fingerprint density at radius 3 is 2.46 bits per heavy atom. The van der Waals surface area contributed by atoms with Crippen molar-refractivity contribution >= 4 is 29.7 Å². The maximum Gasteiger partial charge on any atom is 0.417 e. The van der Waals surface area contributed by atoms with E-state index in [1.807, 2.05) is 13.0 Å². The van der Waals surface area contributed by atoms with Crippen LogP contribution in [0.25, 0.3) is 0 Å². The standard InChI is InChI=1S/C27H29NO9/c1-5-35-21(29)13-7-15(2)6-12-19-23(34-4)16(3)20-14-36-26(32)22(20)24(19)37-27(33)28-18-10-8-17(9-11-18)25(30)31/h6,8-11H,5,7,12-14H2,1-4H3,(H,28,33)(H,30,31). The van der Waals surface area contributed by atoms with Crippen LogP contribution in [-0.2, 0) is 27.3 Å². The molecule has 0 aliphatic carbocycles. The van der Waals surface area contributed by atoms with Gasteiger partial charge in [0.2, 0.25) is 0 Å². The zero-order chi connectivity index (χ0) is 27.1. The first-order valence-electron chi connectivity index (χ1n) is 11.7. The van der Waals surface area contributed by atoms with Gasteiger partial charge < -0.3 is 24.1 Å². The Bertz CT molecular complexity index is 1250. The summed E-state index contributed by atoms with van der Waals surface area (Å²) in [6.07, 6.45) is 1.97. The predicted octanol–water partition coefficient (Wildman–Crippen LogP) is 4.82. The van der Waals surface area contributed by atoms with Crippen LogP contribution in [0.2, 0.25) is 0 Å². The number of carboxylic acid groups (broad SMARTS) is 1. The highest BCUT2D eigenvalue weighted by atomic mass is 16.6. The van der Waals surface area contributed by atoms with E-state index in [1.54, 1.807) is 13.8 Å². The number of methoxy groups -OCH3 is 1. The van der Waals surface area contributed by atoms with E-state index in [0.717, 1.165) is 5.57 Å². The van der Waals surface area contributed by atoms with E-state index in [-0.39, 0.29) is 42.3 Å². The van der Waals surface area contributed by atoms with Crippen molar-refractivity contribution in [3.63, 3.8) is 0 Å². The molecule has 196 valence electrons. The van der Waals surface area contributed by atoms with Crippen LogP contribution in [-0.4, -0.2) is 42.8 Å². The monoisotopic (exact) mass is 511 g/mol. The lowest BCUT2D eigenvalue weighted by Crippen LogP contribution is -2.20. The molecule has 0 atom stereocenters. The fourth-order valence-corrected chi connectivity index (χ4v) is 3.97. The number of rotatable bonds is 10. The molecule has 0 bridgehead atoms. The maximum atomic E-state index is 12.8. The maximum absolute atomic E-state index is 12.8. The van der Waals surface area contributed by atoms with Gasteiger partial charge in [0.25, 0.3) is 0 Å². The first kappa shape index (κ1) is 27.3. The average Bonchev–Trinajstić information content (AvgIpc) is 3.25. The molecule has 3 rings (SSSR count). The normalized spacial score (nSPS) is 12.4. The van der Waals surface area contributed by atoms with Crippen LogP contribution in [0.1, 0.15) is 64.1 Å². The number of amides is 1. The summed E-state index contributed by atoms with van der Waals surface area (Å²) < 4.78 is 21.5. The van der Waals surface area contributed by atoms with Crippen LogP contribution in [0.15, 0.2) is 35.9 Å². The molecule has 10 heteroatoms. The Kier molecular flexibility index (Phi) is 8.89. The minimum absolute atomic E-state index is 0.0223. The van der Waals surface area contributed by atoms with Crippen molar-refractivity contribution in [1.82, 2.24) is 0 Å². The Balaban J connectivity index is 1.92. The number of carbonyl (C=O) groups is 4. The number of anilines is 1. The van der Waals surface area contributed by atoms with Gasteiger partial charge in [-0.3, -0.25) is 10.1 Å². The van der Waals surface area contributed by atoms with Crippen molar-refractivity contribution in [3.8, 4) is 11.5 Å². The van der Waals surface area contributed by atoms with Crippen molar-refractivity contribution in [2.75, 3.05) is 19.0 Å². The number of ether oxygens (including phenoxy) is 4. The smallest absolute Gasteiger partial charge is 0.417 e. The second kappa shape index (κ2) is 12.1. The molecule has 1 aliphatic heterocycles. The summed E-state index contributed by atoms with van der Waals surface area (Å²) in [6.45, 7) is 5.76. The Hall–Kier alpha value is -4.34. The van der Waals surface area contributed by atoms with Crippen molar-refractivity contribution in [2.45, 2.75) is 46.6 Å². The molecule has 0 aromatic heterocycles. The van der Waals surface area contributed by atoms with Gasteiger partial charge in [0, 0.05) is 23.2 Å². The van der Waals surface area contributed by atoms with Crippen LogP contribution in [0.3, 0.4) is 0 Å². The summed E-state index contributed by atoms with van der Waals surface area (Å²) in [6, 6.07) is 5.54. The van der Waals surface area contributed by atoms with E-state index >= 15 is 0 Å². The van der Waals surface area contributed by atoms with Crippen LogP contribution in [0.4, 0.5) is 10.5 Å². The highest BCUT2D eigenvalue weighted by molar-refractivity contribution is 6.00. The third-order valence-corrected chi connectivity index (χ3v) is 5.88. The van der Waals surface area contributed by atoms with Gasteiger partial charge in [-0.2, -0.15) is 0 Å². The molecule has 37 heavy (non-hydrogen) atoms. The second-order valence-electron chi connectivity index (χ2n) is 8.35. The molecule has 2 aromatic carbocycles. The minimum Gasteiger partial charge on any atom is -0.496 e. The number of nitrogens with one attached hydrogen (secondary N) is 1. The van der Waals surface area contributed by atoms with Crippen molar-refractivity contribution < 1.29 is 43.2 Å². The summed E-state index contributed by atoms with van der Waals surface area (Å²) in [5, 5.41) is 11.6. The van der Waals surface area contributed by atoms with Crippen molar-refractivity contribution in [2.24, 2.45) is 0 Å². The lowest BCUT2D eigenvalue weighted by Gasteiger charge is -2.19. The third kappa shape index (κ3) is 6.46. The first-order chi connectivity index (χ1) is 17.7. The van der Waals surface area contributed by atoms with Gasteiger partial charge in [0.05, 0.1) is 19.3 Å². The molecule has 10 nitrogen and oxygen atoms in total. The molecule has 2 aromatic rings. The molecule has 0 unspecified atom stereocenters. The van der Waals surface area contributed by atoms with E-state index in [0.29, 0.717) is 41.2 Å². The first-order valence-corrected chi connectivity index (χ1v) is 11.7. The van der Waals surface area contributed by atoms with E-state index in [9.17, 15) is 19.2 Å². The molecular weight excluding hydrogens is 482 g/mol. The van der Waals surface area contributed by atoms with Gasteiger partial charge in [0.1, 0.15) is 17.9 Å². The number of aromatic carboxylic acids is 1. The molecule has 0 spiro atoms. The fraction of sp³-hybridized carbons (Fsp3) is 0.333. The molecule has 0 saturated heterocycles. The number of cyclic esters (lactones) is 1. The minimum atomic E-state index is -1.09. The summed E-state index contributed by atoms with van der Waals surface area (Å²) >= 11 is 0. The molecule has 2 N–H and O–H groups in total. The number of hydrogen-bond donors (Lipinski definition) is 2. The van der Waals surface area contributed by atoms with Gasteiger partial charge in [-0.15, -0.1) is 0 Å². The van der Waals surface area contributed by atoms with Crippen molar-refractivity contribution in [1.29, 1.82) is 0 Å². The largest absolute Gasteiger partial charge is 0.496 e. The van der Waals surface area contributed by atoms with Gasteiger partial charge in [-0.25, -0.2) is 14.4 Å². The molecule has 1 aliphatic rings. The van der Waals surface area contributed by atoms with Crippen LogP contribution >= 0.6 is 0 Å². The van der Waals surface area contributed by atoms with Crippen molar-refractivity contribution in [3.05, 3.63) is 63.7 Å². The Morgan fingerprint density at radius 2 is 1.84 bits per heavy atom. The SMILES string of the molecule is CCOC(=O)CCC(C)=CCc1c(OC)c(C)c2c(c1OC(=O)Nc1ccc(C(=O)O)cc1)C(=O)OC2. The highest BCUT2D eigenvalue weighted by Gasteiger charge is 2.34. The zero-order valence-corrected chi connectivity index (χ0v) is 21.1. The summed E-state index contributed by atoms with van der Waals surface area (Å²) in [5.41, 5.74) is 3.19. The number of fused-ring (bicyclic) bond motifs is 1. The number of hydrogen-bond acceptors (Lipinski definition) is 8. The lowest BCUT2D eigenvalue weighted by atomic mass is 9.94. The number of benzene rings is 2. The van der Waals surface area contributed by atoms with Crippen LogP contribution in [0.5, 0.6) is 11.5 Å². The van der Waals surface area contributed by atoms with E-state index in [1.165, 1.54) is 31.4 Å². The van der Waals surface area contributed by atoms with Gasteiger partial charge in [-0.05, 0) is 63.4 Å². The van der Waals surface area contributed by atoms with Gasteiger partial charge in [-0.1, -0.05) is 11.6 Å². The topological polar surface area (TPSA) is 137 Å². The number of carbonyl (C=O) groups excluding carboxylic acids is 3. The van der Waals surface area contributed by atoms with Gasteiger partial charge >= 0.3 is 24.0 Å². The molecular formula is C27H29NO9. The van der Waals surface area contributed by atoms with Gasteiger partial charge in [0.15, 0.2) is 5.75 Å². The molecule has 0 radical (unpaired) electrons. The summed E-state index contributed by atoms with van der Waals surface area (Å²) in [4.78, 5) is 48.2. The van der Waals surface area contributed by atoms with Crippen LogP contribution in [0, 0.1) is 6.92 Å². The van der Waals surface area contributed by atoms with Crippen LogP contribution < -0.4 is 14.8 Å². The lowest BCUT2D eigenvalue weighted by molar-refractivity contribution is -0.143. The fourth-order valence-electron chi connectivity index (χ4n) is 3.97. The number of allylic oxidation sites excluding steroid dienone is 2. The molecule has 1 heterocycles. The zero-order valence-electron chi connectivity index (χ0n) is 21.1. The molecule has 0 saturated carbocycles. The molecule has 1 amide bonds. The third-order valence-electron chi connectivity index (χ3n) is 5.88. The Labute approximate surface area is 214 Å². The molecule has 0 fully saturated rings. The highest BCUT2D eigenvalue weighted by Crippen LogP contribution is 2.43. The van der Waals surface area contributed by atoms with E-state index < -0.39 is 18.0 Å². The van der Waals surface area contributed by atoms with E-state index in [2.05, 4.69) is 5.32 Å². The quantitative estimate of drug-likeness (QED) is 0.340. The average molecular weight is 512 g/mol. The number of carboxylic acids is 1. The summed E-state index contributed by atoms with van der Waals surface area (Å²) in [5.74, 6) is -1.51. The predicted molar refractivity (Wildman–Crippen MR) is 133 cm³/mol. The second-order valence-corrected chi connectivity index (χ2v) is 8.35. The summed E-state index contributed by atoms with van der Waals surface area (Å²) in [7, 11) is 1.49. The Morgan fingerprint density at radius 1 is 1.14 bits per heavy atom. The number of esters is 2. The van der Waals surface area contributed by atoms with E-state index in [4.69, 9.17) is 24.1 Å².